The van der Waals surface area contributed by atoms with E-state index in [-0.39, 0.29) is 6.04 Å². The number of nitrogens with zero attached hydrogens (tertiary/aromatic N) is 4. The summed E-state index contributed by atoms with van der Waals surface area (Å²) < 4.78 is 7.53. The molecule has 0 amide bonds. The Morgan fingerprint density at radius 1 is 1.03 bits per heavy atom. The summed E-state index contributed by atoms with van der Waals surface area (Å²) in [7, 11) is 1.66. The van der Waals surface area contributed by atoms with Gasteiger partial charge in [0.15, 0.2) is 0 Å². The maximum absolute atomic E-state index is 5.96. The van der Waals surface area contributed by atoms with Crippen LogP contribution < -0.4 is 10.1 Å². The van der Waals surface area contributed by atoms with Gasteiger partial charge in [0.2, 0.25) is 0 Å². The van der Waals surface area contributed by atoms with E-state index in [4.69, 9.17) is 16.3 Å². The molecule has 0 aliphatic heterocycles. The number of nitrogens with one attached hydrogen (secondary N) is 1. The minimum Gasteiger partial charge on any atom is -0.495 e. The molecule has 2 aromatic heterocycles. The Morgan fingerprint density at radius 2 is 1.83 bits per heavy atom. The molecule has 1 atom stereocenters. The number of aromatic nitrogens is 4. The van der Waals surface area contributed by atoms with Gasteiger partial charge in [0.05, 0.1) is 36.6 Å². The average Bonchev–Trinajstić information content (AvgIpc) is 3.20. The maximum Gasteiger partial charge on any atom is 0.149 e. The molecule has 0 aliphatic rings. The van der Waals surface area contributed by atoms with Crippen LogP contribution in [0.4, 0.5) is 5.82 Å². The van der Waals surface area contributed by atoms with Crippen LogP contribution in [-0.4, -0.2) is 26.9 Å². The molecule has 0 aliphatic carbocycles. The number of anilines is 1. The molecule has 1 N–H and O–H groups in total. The first-order chi connectivity index (χ1) is 14.5. The van der Waals surface area contributed by atoms with Crippen LogP contribution in [0.1, 0.15) is 24.2 Å². The normalized spacial score (nSPS) is 11.9. The van der Waals surface area contributed by atoms with Gasteiger partial charge >= 0.3 is 0 Å². The molecule has 0 fully saturated rings. The first-order valence-electron chi connectivity index (χ1n) is 9.58. The highest BCUT2D eigenvalue weighted by Gasteiger charge is 2.11. The molecule has 0 bridgehead atoms. The van der Waals surface area contributed by atoms with Crippen LogP contribution in [-0.2, 0) is 0 Å². The van der Waals surface area contributed by atoms with Gasteiger partial charge in [0.25, 0.3) is 0 Å². The molecule has 2 heterocycles. The Labute approximate surface area is 180 Å². The quantitative estimate of drug-likeness (QED) is 0.448. The van der Waals surface area contributed by atoms with Crippen LogP contribution >= 0.6 is 11.6 Å². The van der Waals surface area contributed by atoms with Crippen molar-refractivity contribution >= 4 is 17.4 Å². The molecule has 7 heteroatoms. The lowest BCUT2D eigenvalue weighted by Gasteiger charge is -2.15. The van der Waals surface area contributed by atoms with E-state index in [0.29, 0.717) is 5.82 Å². The summed E-state index contributed by atoms with van der Waals surface area (Å²) in [6.45, 7) is 4.02. The Morgan fingerprint density at radius 3 is 2.47 bits per heavy atom. The van der Waals surface area contributed by atoms with Crippen molar-refractivity contribution in [1.29, 1.82) is 0 Å². The second-order valence-corrected chi connectivity index (χ2v) is 7.47. The largest absolute Gasteiger partial charge is 0.495 e. The van der Waals surface area contributed by atoms with Crippen molar-refractivity contribution < 1.29 is 4.74 Å². The van der Waals surface area contributed by atoms with E-state index < -0.39 is 0 Å². The van der Waals surface area contributed by atoms with E-state index in [1.54, 1.807) is 13.4 Å². The molecule has 2 aromatic carbocycles. The van der Waals surface area contributed by atoms with Gasteiger partial charge in [-0.2, -0.15) is 0 Å². The van der Waals surface area contributed by atoms with Gasteiger partial charge in [-0.05, 0) is 55.8 Å². The molecule has 4 aromatic rings. The van der Waals surface area contributed by atoms with Crippen LogP contribution in [0.5, 0.6) is 5.75 Å². The number of hydrogen-bond donors (Lipinski definition) is 1. The van der Waals surface area contributed by atoms with Crippen LogP contribution in [0.25, 0.3) is 16.9 Å². The van der Waals surface area contributed by atoms with Gasteiger partial charge < -0.3 is 14.6 Å². The second kappa shape index (κ2) is 8.55. The number of imidazole rings is 1. The highest BCUT2D eigenvalue weighted by Crippen LogP contribution is 2.29. The standard InChI is InChI=1S/C23H22ClN5O/c1-15-13-29(14-25-15)21-10-6-18(12-22(21)30-3)20-9-11-23(28-27-20)26-16(2)17-4-7-19(24)8-5-17/h4-14,16H,1-3H3,(H,26,28). The zero-order valence-electron chi connectivity index (χ0n) is 17.0. The summed E-state index contributed by atoms with van der Waals surface area (Å²) in [5.74, 6) is 1.45. The van der Waals surface area contributed by atoms with Gasteiger partial charge in [-0.15, -0.1) is 10.2 Å². The van der Waals surface area contributed by atoms with E-state index in [2.05, 4.69) is 27.4 Å². The minimum absolute atomic E-state index is 0.0837. The molecule has 6 nitrogen and oxygen atoms in total. The average molecular weight is 420 g/mol. The first-order valence-corrected chi connectivity index (χ1v) is 9.96. The van der Waals surface area contributed by atoms with Gasteiger partial charge in [-0.1, -0.05) is 29.8 Å². The Bertz CT molecular complexity index is 1140. The smallest absolute Gasteiger partial charge is 0.149 e. The fraction of sp³-hybridized carbons (Fsp3) is 0.174. The van der Waals surface area contributed by atoms with Crippen LogP contribution in [0.2, 0.25) is 5.02 Å². The highest BCUT2D eigenvalue weighted by molar-refractivity contribution is 6.30. The van der Waals surface area contributed by atoms with Crippen molar-refractivity contribution in [1.82, 2.24) is 19.7 Å². The van der Waals surface area contributed by atoms with E-state index in [9.17, 15) is 0 Å². The van der Waals surface area contributed by atoms with Crippen LogP contribution in [0.15, 0.2) is 67.1 Å². The van der Waals surface area contributed by atoms with Crippen molar-refractivity contribution in [2.75, 3.05) is 12.4 Å². The molecular weight excluding hydrogens is 398 g/mol. The summed E-state index contributed by atoms with van der Waals surface area (Å²) in [6.07, 6.45) is 3.73. The third-order valence-corrected chi connectivity index (χ3v) is 5.12. The topological polar surface area (TPSA) is 64.9 Å². The summed E-state index contributed by atoms with van der Waals surface area (Å²) in [4.78, 5) is 4.28. The zero-order valence-corrected chi connectivity index (χ0v) is 17.8. The number of ether oxygens (including phenoxy) is 1. The fourth-order valence-electron chi connectivity index (χ4n) is 3.22. The number of hydrogen-bond acceptors (Lipinski definition) is 5. The fourth-order valence-corrected chi connectivity index (χ4v) is 3.35. The molecule has 4 rings (SSSR count). The molecule has 0 spiro atoms. The lowest BCUT2D eigenvalue weighted by Crippen LogP contribution is -2.08. The van der Waals surface area contributed by atoms with Crippen molar-refractivity contribution in [3.05, 3.63) is 83.4 Å². The molecule has 30 heavy (non-hydrogen) atoms. The van der Waals surface area contributed by atoms with Crippen molar-refractivity contribution in [3.63, 3.8) is 0 Å². The number of rotatable bonds is 6. The number of aryl methyl sites for hydroxylation is 1. The van der Waals surface area contributed by atoms with Crippen molar-refractivity contribution in [2.45, 2.75) is 19.9 Å². The Balaban J connectivity index is 1.53. The number of benzene rings is 2. The summed E-state index contributed by atoms with van der Waals surface area (Å²) in [6, 6.07) is 17.7. The number of halogens is 1. The van der Waals surface area contributed by atoms with E-state index in [1.165, 1.54) is 0 Å². The van der Waals surface area contributed by atoms with Gasteiger partial charge in [-0.25, -0.2) is 4.98 Å². The van der Waals surface area contributed by atoms with Crippen LogP contribution in [0, 0.1) is 6.92 Å². The van der Waals surface area contributed by atoms with E-state index in [0.717, 1.165) is 39.0 Å². The summed E-state index contributed by atoms with van der Waals surface area (Å²) >= 11 is 5.96. The molecule has 1 unspecified atom stereocenters. The third-order valence-electron chi connectivity index (χ3n) is 4.86. The zero-order chi connectivity index (χ0) is 21.1. The van der Waals surface area contributed by atoms with Crippen LogP contribution in [0.3, 0.4) is 0 Å². The maximum atomic E-state index is 5.96. The molecule has 0 saturated heterocycles. The Kier molecular flexibility index (Phi) is 5.68. The number of methoxy groups -OCH3 is 1. The van der Waals surface area contributed by atoms with E-state index >= 15 is 0 Å². The van der Waals surface area contributed by atoms with Crippen molar-refractivity contribution in [3.8, 4) is 22.7 Å². The SMILES string of the molecule is COc1cc(-c2ccc(NC(C)c3ccc(Cl)cc3)nn2)ccc1-n1cnc(C)c1. The summed E-state index contributed by atoms with van der Waals surface area (Å²) in [5, 5.41) is 12.8. The third kappa shape index (κ3) is 4.28. The van der Waals surface area contributed by atoms with Gasteiger partial charge in [-0.3, -0.25) is 0 Å². The predicted molar refractivity (Wildman–Crippen MR) is 119 cm³/mol. The first kappa shape index (κ1) is 19.9. The molecular formula is C23H22ClN5O. The van der Waals surface area contributed by atoms with Crippen molar-refractivity contribution in [2.24, 2.45) is 0 Å². The summed E-state index contributed by atoms with van der Waals surface area (Å²) in [5.41, 5.74) is 4.69. The van der Waals surface area contributed by atoms with Gasteiger partial charge in [0.1, 0.15) is 11.6 Å². The van der Waals surface area contributed by atoms with E-state index in [1.807, 2.05) is 72.3 Å². The molecule has 0 saturated carbocycles. The second-order valence-electron chi connectivity index (χ2n) is 7.03. The molecule has 0 radical (unpaired) electrons. The monoisotopic (exact) mass is 419 g/mol. The lowest BCUT2D eigenvalue weighted by atomic mass is 10.1. The lowest BCUT2D eigenvalue weighted by molar-refractivity contribution is 0.413. The van der Waals surface area contributed by atoms with Gasteiger partial charge in [0, 0.05) is 16.8 Å². The Hall–Kier alpha value is -3.38. The minimum atomic E-state index is 0.0837. The molecule has 152 valence electrons. The highest BCUT2D eigenvalue weighted by atomic mass is 35.5. The predicted octanol–water partition coefficient (Wildman–Crippen LogP) is 5.47.